The SMILES string of the molecule is CNCc1ccoc1COc1ccc(F)cc1Br. The average Bonchev–Trinajstić information content (AvgIpc) is 2.76. The molecule has 0 aliphatic heterocycles. The van der Waals surface area contributed by atoms with Gasteiger partial charge in [-0.2, -0.15) is 0 Å². The topological polar surface area (TPSA) is 34.4 Å². The molecule has 18 heavy (non-hydrogen) atoms. The molecule has 0 radical (unpaired) electrons. The Hall–Kier alpha value is -1.33. The summed E-state index contributed by atoms with van der Waals surface area (Å²) in [6.07, 6.45) is 1.63. The van der Waals surface area contributed by atoms with Crippen LogP contribution in [0.4, 0.5) is 4.39 Å². The summed E-state index contributed by atoms with van der Waals surface area (Å²) >= 11 is 3.25. The number of hydrogen-bond acceptors (Lipinski definition) is 3. The van der Waals surface area contributed by atoms with Gasteiger partial charge in [0.15, 0.2) is 0 Å². The molecule has 0 fully saturated rings. The van der Waals surface area contributed by atoms with Crippen molar-refractivity contribution in [2.45, 2.75) is 13.2 Å². The number of halogens is 2. The predicted molar refractivity (Wildman–Crippen MR) is 69.9 cm³/mol. The van der Waals surface area contributed by atoms with E-state index in [1.54, 1.807) is 12.3 Å². The van der Waals surface area contributed by atoms with Crippen LogP contribution in [0.5, 0.6) is 5.75 Å². The molecule has 0 atom stereocenters. The zero-order valence-corrected chi connectivity index (χ0v) is 11.5. The highest BCUT2D eigenvalue weighted by atomic mass is 79.9. The fourth-order valence-electron chi connectivity index (χ4n) is 1.58. The smallest absolute Gasteiger partial charge is 0.146 e. The van der Waals surface area contributed by atoms with Gasteiger partial charge >= 0.3 is 0 Å². The summed E-state index contributed by atoms with van der Waals surface area (Å²) in [6.45, 7) is 1.04. The monoisotopic (exact) mass is 313 g/mol. The van der Waals surface area contributed by atoms with Gasteiger partial charge in [0.1, 0.15) is 23.9 Å². The van der Waals surface area contributed by atoms with E-state index in [1.165, 1.54) is 12.1 Å². The third kappa shape index (κ3) is 3.11. The molecular weight excluding hydrogens is 301 g/mol. The van der Waals surface area contributed by atoms with Gasteiger partial charge in [-0.3, -0.25) is 0 Å². The van der Waals surface area contributed by atoms with Crippen LogP contribution in [-0.4, -0.2) is 7.05 Å². The first-order chi connectivity index (χ1) is 8.70. The first-order valence-electron chi connectivity index (χ1n) is 5.48. The summed E-state index contributed by atoms with van der Waals surface area (Å²) in [7, 11) is 1.87. The second-order valence-electron chi connectivity index (χ2n) is 3.76. The molecule has 0 unspecified atom stereocenters. The number of hydrogen-bond donors (Lipinski definition) is 1. The summed E-state index contributed by atoms with van der Waals surface area (Å²) < 4.78 is 24.4. The summed E-state index contributed by atoms with van der Waals surface area (Å²) in [4.78, 5) is 0. The molecule has 1 aromatic heterocycles. The van der Waals surface area contributed by atoms with Gasteiger partial charge in [0.05, 0.1) is 10.7 Å². The zero-order valence-electron chi connectivity index (χ0n) is 9.87. The molecule has 3 nitrogen and oxygen atoms in total. The Morgan fingerprint density at radius 3 is 2.94 bits per heavy atom. The molecule has 0 aliphatic rings. The maximum Gasteiger partial charge on any atom is 0.146 e. The van der Waals surface area contributed by atoms with Gasteiger partial charge in [0, 0.05) is 12.1 Å². The van der Waals surface area contributed by atoms with Crippen molar-refractivity contribution in [3.05, 3.63) is 52.1 Å². The molecule has 0 spiro atoms. The Morgan fingerprint density at radius 2 is 2.22 bits per heavy atom. The van der Waals surface area contributed by atoms with Crippen molar-refractivity contribution in [3.63, 3.8) is 0 Å². The second kappa shape index (κ2) is 6.02. The van der Waals surface area contributed by atoms with Crippen LogP contribution in [0.2, 0.25) is 0 Å². The summed E-state index contributed by atoms with van der Waals surface area (Å²) in [5.41, 5.74) is 1.05. The van der Waals surface area contributed by atoms with E-state index in [0.29, 0.717) is 16.8 Å². The van der Waals surface area contributed by atoms with E-state index in [1.807, 2.05) is 13.1 Å². The van der Waals surface area contributed by atoms with Gasteiger partial charge in [-0.25, -0.2) is 4.39 Å². The van der Waals surface area contributed by atoms with Crippen molar-refractivity contribution < 1.29 is 13.5 Å². The number of benzene rings is 1. The third-order valence-electron chi connectivity index (χ3n) is 2.46. The Labute approximate surface area is 113 Å². The standard InChI is InChI=1S/C13H13BrFNO2/c1-16-7-9-4-5-17-13(9)8-18-12-3-2-10(15)6-11(12)14/h2-6,16H,7-8H2,1H3. The van der Waals surface area contributed by atoms with Gasteiger partial charge in [-0.05, 0) is 47.2 Å². The lowest BCUT2D eigenvalue weighted by atomic mass is 10.2. The fraction of sp³-hybridized carbons (Fsp3) is 0.231. The molecule has 0 aliphatic carbocycles. The third-order valence-corrected chi connectivity index (χ3v) is 3.08. The molecule has 2 rings (SSSR count). The van der Waals surface area contributed by atoms with Crippen LogP contribution in [0.3, 0.4) is 0 Å². The molecule has 0 bridgehead atoms. The molecule has 0 saturated heterocycles. The van der Waals surface area contributed by atoms with Crippen molar-refractivity contribution in [2.75, 3.05) is 7.05 Å². The Balaban J connectivity index is 2.04. The molecule has 1 heterocycles. The minimum atomic E-state index is -0.303. The van der Waals surface area contributed by atoms with Crippen LogP contribution in [0.25, 0.3) is 0 Å². The van der Waals surface area contributed by atoms with Crippen molar-refractivity contribution in [3.8, 4) is 5.75 Å². The van der Waals surface area contributed by atoms with Crippen LogP contribution in [0.1, 0.15) is 11.3 Å². The maximum absolute atomic E-state index is 12.9. The maximum atomic E-state index is 12.9. The molecule has 1 N–H and O–H groups in total. The van der Waals surface area contributed by atoms with Crippen LogP contribution >= 0.6 is 15.9 Å². The van der Waals surface area contributed by atoms with Crippen molar-refractivity contribution in [2.24, 2.45) is 0 Å². The quantitative estimate of drug-likeness (QED) is 0.917. The van der Waals surface area contributed by atoms with Crippen LogP contribution in [0.15, 0.2) is 39.4 Å². The van der Waals surface area contributed by atoms with Crippen molar-refractivity contribution in [1.82, 2.24) is 5.32 Å². The predicted octanol–water partition coefficient (Wildman–Crippen LogP) is 3.48. The first-order valence-corrected chi connectivity index (χ1v) is 6.27. The highest BCUT2D eigenvalue weighted by molar-refractivity contribution is 9.10. The van der Waals surface area contributed by atoms with Gasteiger partial charge in [-0.15, -0.1) is 0 Å². The number of furan rings is 1. The van der Waals surface area contributed by atoms with Crippen molar-refractivity contribution in [1.29, 1.82) is 0 Å². The van der Waals surface area contributed by atoms with E-state index in [-0.39, 0.29) is 5.82 Å². The van der Waals surface area contributed by atoms with Gasteiger partial charge < -0.3 is 14.5 Å². The van der Waals surface area contributed by atoms with E-state index < -0.39 is 0 Å². The van der Waals surface area contributed by atoms with Crippen molar-refractivity contribution >= 4 is 15.9 Å². The molecule has 0 amide bonds. The van der Waals surface area contributed by atoms with E-state index in [0.717, 1.165) is 17.9 Å². The highest BCUT2D eigenvalue weighted by Gasteiger charge is 2.08. The van der Waals surface area contributed by atoms with E-state index >= 15 is 0 Å². The first kappa shape index (κ1) is 13.1. The average molecular weight is 314 g/mol. The van der Waals surface area contributed by atoms with Crippen LogP contribution in [-0.2, 0) is 13.2 Å². The minimum Gasteiger partial charge on any atom is -0.484 e. The summed E-state index contributed by atoms with van der Waals surface area (Å²) in [6, 6.07) is 6.21. The number of nitrogens with one attached hydrogen (secondary N) is 1. The Kier molecular flexibility index (Phi) is 4.38. The van der Waals surface area contributed by atoms with Crippen LogP contribution in [0, 0.1) is 5.82 Å². The van der Waals surface area contributed by atoms with Gasteiger partial charge in [0.25, 0.3) is 0 Å². The lowest BCUT2D eigenvalue weighted by Gasteiger charge is -2.08. The number of rotatable bonds is 5. The number of ether oxygens (including phenoxy) is 1. The lowest BCUT2D eigenvalue weighted by molar-refractivity contribution is 0.266. The molecule has 1 aromatic carbocycles. The van der Waals surface area contributed by atoms with Gasteiger partial charge in [0.2, 0.25) is 0 Å². The molecule has 0 saturated carbocycles. The molecular formula is C13H13BrFNO2. The lowest BCUT2D eigenvalue weighted by Crippen LogP contribution is -2.07. The Morgan fingerprint density at radius 1 is 1.39 bits per heavy atom. The summed E-state index contributed by atoms with van der Waals surface area (Å²) in [5.74, 6) is 1.05. The summed E-state index contributed by atoms with van der Waals surface area (Å²) in [5, 5.41) is 3.05. The normalized spacial score (nSPS) is 10.6. The molecule has 2 aromatic rings. The highest BCUT2D eigenvalue weighted by Crippen LogP contribution is 2.26. The second-order valence-corrected chi connectivity index (χ2v) is 4.62. The van der Waals surface area contributed by atoms with Gasteiger partial charge in [-0.1, -0.05) is 0 Å². The van der Waals surface area contributed by atoms with E-state index in [4.69, 9.17) is 9.15 Å². The molecule has 5 heteroatoms. The Bertz CT molecular complexity index is 527. The zero-order chi connectivity index (χ0) is 13.0. The van der Waals surface area contributed by atoms with E-state index in [9.17, 15) is 4.39 Å². The fourth-order valence-corrected chi connectivity index (χ4v) is 2.04. The van der Waals surface area contributed by atoms with Crippen LogP contribution < -0.4 is 10.1 Å². The van der Waals surface area contributed by atoms with E-state index in [2.05, 4.69) is 21.2 Å². The molecule has 96 valence electrons. The minimum absolute atomic E-state index is 0.303. The largest absolute Gasteiger partial charge is 0.484 e.